The van der Waals surface area contributed by atoms with Crippen molar-refractivity contribution >= 4 is 29.2 Å². The molecule has 6 nitrogen and oxygen atoms in total. The highest BCUT2D eigenvalue weighted by Gasteiger charge is 2.34. The average molecular weight is 587 g/mol. The number of hydrogen-bond acceptors (Lipinski definition) is 5. The molecule has 0 unspecified atom stereocenters. The van der Waals surface area contributed by atoms with E-state index in [0.29, 0.717) is 27.8 Å². The van der Waals surface area contributed by atoms with Crippen LogP contribution in [0.3, 0.4) is 0 Å². The number of hydrogen-bond donors (Lipinski definition) is 4. The second kappa shape index (κ2) is 11.1. The van der Waals surface area contributed by atoms with Gasteiger partial charge in [0.2, 0.25) is 11.9 Å². The van der Waals surface area contributed by atoms with Gasteiger partial charge in [-0.1, -0.05) is 65.4 Å². The Balaban J connectivity index is 1.92. The molecule has 0 aliphatic carbocycles. The fourth-order valence-corrected chi connectivity index (χ4v) is 4.63. The Hall–Kier alpha value is -3.61. The molecule has 2 amide bonds. The lowest BCUT2D eigenvalue weighted by molar-refractivity contribution is -0.136. The van der Waals surface area contributed by atoms with Crippen LogP contribution in [0.5, 0.6) is 5.75 Å². The predicted molar refractivity (Wildman–Crippen MR) is 141 cm³/mol. The third kappa shape index (κ3) is 6.93. The van der Waals surface area contributed by atoms with E-state index in [1.54, 1.807) is 12.1 Å². The molecule has 13 heteroatoms. The first kappa shape index (κ1) is 30.9. The Bertz CT molecular complexity index is 1400. The minimum Gasteiger partial charge on any atom is -0.507 e. The van der Waals surface area contributed by atoms with Crippen molar-refractivity contribution in [1.29, 1.82) is 0 Å². The number of amides is 2. The number of phenols is 1. The summed E-state index contributed by atoms with van der Waals surface area (Å²) in [5.41, 5.74) is 0.959. The standard InChI is InChI=1S/C27H28F6N4O2S/c1-25(2,3)15-11-13(12-16(20(15)38)26(4,5)6)40-21-18(28)19(22(29)35-23(21)30)36-37-24(39)34-17-10-8-7-9-14(17)27(31,32)33/h7-12,36,38H,1-6H3,(H2,34,37,39). The van der Waals surface area contributed by atoms with Crippen LogP contribution in [0.25, 0.3) is 0 Å². The first-order chi connectivity index (χ1) is 18.3. The van der Waals surface area contributed by atoms with Crippen LogP contribution in [-0.4, -0.2) is 16.1 Å². The number of rotatable bonds is 5. The number of halogens is 6. The Morgan fingerprint density at radius 2 is 1.43 bits per heavy atom. The summed E-state index contributed by atoms with van der Waals surface area (Å²) in [6.07, 6.45) is -4.77. The number of aromatic hydroxyl groups is 1. The van der Waals surface area contributed by atoms with E-state index < -0.39 is 62.6 Å². The van der Waals surface area contributed by atoms with E-state index in [-0.39, 0.29) is 5.75 Å². The zero-order valence-corrected chi connectivity index (χ0v) is 23.3. The number of pyridine rings is 1. The summed E-state index contributed by atoms with van der Waals surface area (Å²) in [6, 6.07) is 5.97. The van der Waals surface area contributed by atoms with Crippen LogP contribution < -0.4 is 16.2 Å². The van der Waals surface area contributed by atoms with E-state index in [1.807, 2.05) is 57.7 Å². The summed E-state index contributed by atoms with van der Waals surface area (Å²) in [7, 11) is 0. The second-order valence-corrected chi connectivity index (χ2v) is 12.0. The molecule has 2 aromatic carbocycles. The molecule has 3 rings (SSSR count). The van der Waals surface area contributed by atoms with Gasteiger partial charge in [0.1, 0.15) is 16.3 Å². The highest BCUT2D eigenvalue weighted by Crippen LogP contribution is 2.44. The Morgan fingerprint density at radius 3 is 1.95 bits per heavy atom. The van der Waals surface area contributed by atoms with Gasteiger partial charge in [-0.15, -0.1) is 0 Å². The molecule has 0 atom stereocenters. The predicted octanol–water partition coefficient (Wildman–Crippen LogP) is 8.12. The number of urea groups is 1. The van der Waals surface area contributed by atoms with E-state index in [0.717, 1.165) is 18.2 Å². The van der Waals surface area contributed by atoms with Gasteiger partial charge in [-0.05, 0) is 35.1 Å². The lowest BCUT2D eigenvalue weighted by atomic mass is 9.79. The summed E-state index contributed by atoms with van der Waals surface area (Å²) in [5.74, 6) is -4.48. The number of nitrogens with zero attached hydrogens (tertiary/aromatic N) is 1. The molecule has 40 heavy (non-hydrogen) atoms. The maximum absolute atomic E-state index is 15.4. The van der Waals surface area contributed by atoms with Gasteiger partial charge in [-0.25, -0.2) is 9.18 Å². The zero-order chi connectivity index (χ0) is 30.2. The number of anilines is 2. The highest BCUT2D eigenvalue weighted by atomic mass is 32.2. The van der Waals surface area contributed by atoms with Crippen molar-refractivity contribution in [1.82, 2.24) is 10.4 Å². The normalized spacial score (nSPS) is 12.3. The molecule has 0 aliphatic rings. The van der Waals surface area contributed by atoms with Gasteiger partial charge in [-0.2, -0.15) is 26.9 Å². The number of carbonyl (C=O) groups is 1. The molecule has 216 valence electrons. The fourth-order valence-electron chi connectivity index (χ4n) is 3.72. The maximum Gasteiger partial charge on any atom is 0.418 e. The van der Waals surface area contributed by atoms with Crippen LogP contribution in [0, 0.1) is 17.7 Å². The molecule has 0 radical (unpaired) electrons. The van der Waals surface area contributed by atoms with Crippen molar-refractivity contribution in [3.8, 4) is 5.75 Å². The van der Waals surface area contributed by atoms with E-state index >= 15 is 4.39 Å². The summed E-state index contributed by atoms with van der Waals surface area (Å²) in [4.78, 5) is 14.9. The molecule has 0 saturated carbocycles. The van der Waals surface area contributed by atoms with Gasteiger partial charge in [-0.3, -0.25) is 10.9 Å². The molecule has 0 bridgehead atoms. The zero-order valence-electron chi connectivity index (χ0n) is 22.4. The third-order valence-corrected chi connectivity index (χ3v) is 6.73. The quantitative estimate of drug-likeness (QED) is 0.138. The Labute approximate surface area is 231 Å². The number of aromatic nitrogens is 1. The number of carbonyl (C=O) groups excluding carboxylic acids is 1. The molecule has 4 N–H and O–H groups in total. The largest absolute Gasteiger partial charge is 0.507 e. The van der Waals surface area contributed by atoms with Gasteiger partial charge < -0.3 is 10.4 Å². The Morgan fingerprint density at radius 1 is 0.875 bits per heavy atom. The highest BCUT2D eigenvalue weighted by molar-refractivity contribution is 7.99. The smallest absolute Gasteiger partial charge is 0.418 e. The average Bonchev–Trinajstić information content (AvgIpc) is 2.80. The van der Waals surface area contributed by atoms with Gasteiger partial charge in [0.25, 0.3) is 0 Å². The van der Waals surface area contributed by atoms with Crippen molar-refractivity contribution in [2.24, 2.45) is 0 Å². The van der Waals surface area contributed by atoms with Crippen LogP contribution in [0.4, 0.5) is 42.5 Å². The topological polar surface area (TPSA) is 86.3 Å². The summed E-state index contributed by atoms with van der Waals surface area (Å²) < 4.78 is 83.9. The van der Waals surface area contributed by atoms with Crippen LogP contribution >= 0.6 is 11.8 Å². The molecule has 1 heterocycles. The number of para-hydroxylation sites is 1. The van der Waals surface area contributed by atoms with Gasteiger partial charge in [0.15, 0.2) is 5.82 Å². The molecule has 0 saturated heterocycles. The molecule has 1 aromatic heterocycles. The molecule has 0 aliphatic heterocycles. The number of phenolic OH excluding ortho intramolecular Hbond substituents is 1. The van der Waals surface area contributed by atoms with E-state index in [9.17, 15) is 31.9 Å². The lowest BCUT2D eigenvalue weighted by Crippen LogP contribution is -2.35. The van der Waals surface area contributed by atoms with Crippen molar-refractivity contribution in [3.63, 3.8) is 0 Å². The van der Waals surface area contributed by atoms with Crippen LogP contribution in [-0.2, 0) is 17.0 Å². The number of nitrogens with one attached hydrogen (secondary N) is 3. The molecular weight excluding hydrogens is 558 g/mol. The summed E-state index contributed by atoms with van der Waals surface area (Å²) in [5, 5.41) is 12.8. The minimum atomic E-state index is -4.77. The minimum absolute atomic E-state index is 0.0483. The van der Waals surface area contributed by atoms with Crippen LogP contribution in [0.15, 0.2) is 46.2 Å². The van der Waals surface area contributed by atoms with Gasteiger partial charge >= 0.3 is 12.2 Å². The maximum atomic E-state index is 15.4. The third-order valence-electron chi connectivity index (χ3n) is 5.71. The van der Waals surface area contributed by atoms with Gasteiger partial charge in [0, 0.05) is 16.0 Å². The number of benzene rings is 2. The fraction of sp³-hybridized carbons (Fsp3) is 0.333. The van der Waals surface area contributed by atoms with E-state index in [1.165, 1.54) is 6.07 Å². The first-order valence-electron chi connectivity index (χ1n) is 11.9. The summed E-state index contributed by atoms with van der Waals surface area (Å²) >= 11 is 0.591. The van der Waals surface area contributed by atoms with E-state index in [4.69, 9.17) is 0 Å². The van der Waals surface area contributed by atoms with Crippen LogP contribution in [0.2, 0.25) is 0 Å². The summed E-state index contributed by atoms with van der Waals surface area (Å²) in [6.45, 7) is 11.1. The second-order valence-electron chi connectivity index (χ2n) is 10.9. The van der Waals surface area contributed by atoms with Crippen molar-refractivity contribution in [2.45, 2.75) is 68.3 Å². The first-order valence-corrected chi connectivity index (χ1v) is 12.7. The molecule has 0 spiro atoms. The monoisotopic (exact) mass is 586 g/mol. The van der Waals surface area contributed by atoms with Crippen molar-refractivity contribution in [2.75, 3.05) is 10.7 Å². The van der Waals surface area contributed by atoms with Crippen molar-refractivity contribution in [3.05, 3.63) is 70.8 Å². The van der Waals surface area contributed by atoms with Crippen molar-refractivity contribution < 1.29 is 36.2 Å². The Kier molecular flexibility index (Phi) is 8.59. The SMILES string of the molecule is CC(C)(C)c1cc(Sc2c(F)nc(F)c(NNC(=O)Nc3ccccc3C(F)(F)F)c2F)cc(C(C)(C)C)c1O. The molecule has 3 aromatic rings. The van der Waals surface area contributed by atoms with E-state index in [2.05, 4.69) is 4.98 Å². The molecular formula is C27H28F6N4O2S. The number of hydrazine groups is 1. The lowest BCUT2D eigenvalue weighted by Gasteiger charge is -2.28. The van der Waals surface area contributed by atoms with Gasteiger partial charge in [0.05, 0.1) is 11.3 Å². The number of alkyl halides is 3. The molecule has 0 fully saturated rings. The van der Waals surface area contributed by atoms with Crippen LogP contribution in [0.1, 0.15) is 58.2 Å².